The lowest BCUT2D eigenvalue weighted by Crippen LogP contribution is -2.03. The van der Waals surface area contributed by atoms with Crippen LogP contribution in [0.5, 0.6) is 17.5 Å². The molecule has 0 aliphatic rings. The van der Waals surface area contributed by atoms with E-state index in [0.717, 1.165) is 23.0 Å². The SMILES string of the molecule is COc1ccc(C=O)cc1-c1ccc(OCc2ccccc2)nc1OCc1ccccc1. The standard InChI is InChI=1S/C27H23NO4/c1-30-25-14-12-22(17-29)16-24(25)23-13-15-26(31-18-20-8-4-2-5-9-20)28-27(23)32-19-21-10-6-3-7-11-21/h2-17H,18-19H2,1H3. The van der Waals surface area contributed by atoms with E-state index in [4.69, 9.17) is 14.2 Å². The minimum atomic E-state index is 0.346. The Bertz CT molecular complexity index is 1180. The second kappa shape index (κ2) is 10.3. The van der Waals surface area contributed by atoms with E-state index >= 15 is 0 Å². The molecular weight excluding hydrogens is 402 g/mol. The van der Waals surface area contributed by atoms with Crippen LogP contribution in [0.3, 0.4) is 0 Å². The molecule has 5 nitrogen and oxygen atoms in total. The average Bonchev–Trinajstić information content (AvgIpc) is 2.87. The number of hydrogen-bond acceptors (Lipinski definition) is 5. The summed E-state index contributed by atoms with van der Waals surface area (Å²) in [6, 6.07) is 28.7. The molecule has 0 fully saturated rings. The van der Waals surface area contributed by atoms with Gasteiger partial charge in [0.2, 0.25) is 11.8 Å². The number of nitrogens with zero attached hydrogens (tertiary/aromatic N) is 1. The number of pyridine rings is 1. The summed E-state index contributed by atoms with van der Waals surface area (Å²) in [5.74, 6) is 1.48. The highest BCUT2D eigenvalue weighted by atomic mass is 16.5. The van der Waals surface area contributed by atoms with Gasteiger partial charge in [0.1, 0.15) is 25.2 Å². The van der Waals surface area contributed by atoms with Gasteiger partial charge in [-0.3, -0.25) is 4.79 Å². The number of hydrogen-bond donors (Lipinski definition) is 0. The highest BCUT2D eigenvalue weighted by Crippen LogP contribution is 2.37. The lowest BCUT2D eigenvalue weighted by Gasteiger charge is -2.15. The Kier molecular flexibility index (Phi) is 6.78. The van der Waals surface area contributed by atoms with Gasteiger partial charge in [0.05, 0.1) is 7.11 Å². The first-order valence-electron chi connectivity index (χ1n) is 10.2. The molecule has 3 aromatic carbocycles. The molecule has 0 unspecified atom stereocenters. The molecule has 0 saturated carbocycles. The largest absolute Gasteiger partial charge is 0.496 e. The van der Waals surface area contributed by atoms with Crippen molar-refractivity contribution in [3.05, 3.63) is 108 Å². The van der Waals surface area contributed by atoms with Crippen molar-refractivity contribution in [2.24, 2.45) is 0 Å². The summed E-state index contributed by atoms with van der Waals surface area (Å²) in [4.78, 5) is 16.0. The van der Waals surface area contributed by atoms with E-state index in [-0.39, 0.29) is 0 Å². The minimum absolute atomic E-state index is 0.346. The maximum atomic E-state index is 11.4. The summed E-state index contributed by atoms with van der Waals surface area (Å²) in [6.45, 7) is 0.744. The van der Waals surface area contributed by atoms with Gasteiger partial charge in [0.25, 0.3) is 0 Å². The molecule has 1 aromatic heterocycles. The van der Waals surface area contributed by atoms with E-state index in [0.29, 0.717) is 41.9 Å². The molecule has 0 bridgehead atoms. The molecule has 4 rings (SSSR count). The third-order valence-electron chi connectivity index (χ3n) is 4.93. The number of rotatable bonds is 9. The zero-order valence-corrected chi connectivity index (χ0v) is 17.7. The predicted molar refractivity (Wildman–Crippen MR) is 123 cm³/mol. The zero-order chi connectivity index (χ0) is 22.2. The summed E-state index contributed by atoms with van der Waals surface area (Å²) in [5, 5.41) is 0. The number of carbonyl (C=O) groups excluding carboxylic acids is 1. The number of benzene rings is 3. The molecule has 0 atom stereocenters. The molecule has 0 spiro atoms. The first kappa shape index (κ1) is 21.1. The number of ether oxygens (including phenoxy) is 3. The predicted octanol–water partition coefficient (Wildman–Crippen LogP) is 5.73. The van der Waals surface area contributed by atoms with Crippen LogP contribution in [0.25, 0.3) is 11.1 Å². The minimum Gasteiger partial charge on any atom is -0.496 e. The summed E-state index contributed by atoms with van der Waals surface area (Å²) in [6.07, 6.45) is 0.804. The van der Waals surface area contributed by atoms with Crippen molar-refractivity contribution < 1.29 is 19.0 Å². The van der Waals surface area contributed by atoms with Crippen molar-refractivity contribution in [3.63, 3.8) is 0 Å². The third-order valence-corrected chi connectivity index (χ3v) is 4.93. The molecule has 0 aliphatic carbocycles. The Hall–Kier alpha value is -4.12. The highest BCUT2D eigenvalue weighted by molar-refractivity contribution is 5.83. The van der Waals surface area contributed by atoms with Crippen LogP contribution in [0.4, 0.5) is 0 Å². The Labute approximate surface area is 187 Å². The van der Waals surface area contributed by atoms with E-state index in [9.17, 15) is 4.79 Å². The van der Waals surface area contributed by atoms with Crippen LogP contribution in [-0.2, 0) is 13.2 Å². The second-order valence-corrected chi connectivity index (χ2v) is 7.13. The molecule has 1 heterocycles. The van der Waals surface area contributed by atoms with Gasteiger partial charge in [0, 0.05) is 22.8 Å². The van der Waals surface area contributed by atoms with Crippen LogP contribution in [0.1, 0.15) is 21.5 Å². The highest BCUT2D eigenvalue weighted by Gasteiger charge is 2.16. The zero-order valence-electron chi connectivity index (χ0n) is 17.7. The molecule has 5 heteroatoms. The summed E-state index contributed by atoms with van der Waals surface area (Å²) in [5.41, 5.74) is 4.05. The first-order valence-corrected chi connectivity index (χ1v) is 10.2. The molecule has 0 N–H and O–H groups in total. The molecule has 160 valence electrons. The summed E-state index contributed by atoms with van der Waals surface area (Å²) >= 11 is 0. The van der Waals surface area contributed by atoms with E-state index in [1.165, 1.54) is 0 Å². The van der Waals surface area contributed by atoms with Gasteiger partial charge >= 0.3 is 0 Å². The molecule has 0 aliphatic heterocycles. The van der Waals surface area contributed by atoms with E-state index in [1.54, 1.807) is 31.4 Å². The van der Waals surface area contributed by atoms with Gasteiger partial charge in [-0.25, -0.2) is 0 Å². The number of methoxy groups -OCH3 is 1. The summed E-state index contributed by atoms with van der Waals surface area (Å²) < 4.78 is 17.5. The van der Waals surface area contributed by atoms with Gasteiger partial charge in [-0.05, 0) is 35.4 Å². The van der Waals surface area contributed by atoms with Crippen LogP contribution < -0.4 is 14.2 Å². The van der Waals surface area contributed by atoms with Crippen molar-refractivity contribution in [2.45, 2.75) is 13.2 Å². The van der Waals surface area contributed by atoms with E-state index in [1.807, 2.05) is 66.7 Å². The Balaban J connectivity index is 1.67. The lowest BCUT2D eigenvalue weighted by atomic mass is 10.0. The van der Waals surface area contributed by atoms with Gasteiger partial charge < -0.3 is 14.2 Å². The van der Waals surface area contributed by atoms with Crippen molar-refractivity contribution >= 4 is 6.29 Å². The van der Waals surface area contributed by atoms with Crippen molar-refractivity contribution in [1.82, 2.24) is 4.98 Å². The topological polar surface area (TPSA) is 57.7 Å². The molecule has 4 aromatic rings. The average molecular weight is 425 g/mol. The maximum absolute atomic E-state index is 11.4. The molecule has 0 amide bonds. The lowest BCUT2D eigenvalue weighted by molar-refractivity contribution is 0.112. The van der Waals surface area contributed by atoms with Crippen LogP contribution in [0, 0.1) is 0 Å². The maximum Gasteiger partial charge on any atom is 0.225 e. The van der Waals surface area contributed by atoms with Crippen LogP contribution in [0.15, 0.2) is 91.0 Å². The van der Waals surface area contributed by atoms with Gasteiger partial charge in [-0.15, -0.1) is 0 Å². The monoisotopic (exact) mass is 425 g/mol. The number of aldehydes is 1. The Morgan fingerprint density at radius 1 is 0.750 bits per heavy atom. The molecule has 32 heavy (non-hydrogen) atoms. The smallest absolute Gasteiger partial charge is 0.225 e. The fraction of sp³-hybridized carbons (Fsp3) is 0.111. The first-order chi connectivity index (χ1) is 15.8. The Morgan fingerprint density at radius 3 is 2.03 bits per heavy atom. The van der Waals surface area contributed by atoms with Gasteiger partial charge in [-0.2, -0.15) is 4.98 Å². The van der Waals surface area contributed by atoms with Crippen LogP contribution >= 0.6 is 0 Å². The van der Waals surface area contributed by atoms with Gasteiger partial charge in [0.15, 0.2) is 0 Å². The molecule has 0 radical (unpaired) electrons. The second-order valence-electron chi connectivity index (χ2n) is 7.13. The fourth-order valence-electron chi connectivity index (χ4n) is 3.29. The third kappa shape index (κ3) is 5.13. The molecule has 0 saturated heterocycles. The van der Waals surface area contributed by atoms with Crippen molar-refractivity contribution in [1.29, 1.82) is 0 Å². The van der Waals surface area contributed by atoms with Crippen LogP contribution in [-0.4, -0.2) is 18.4 Å². The normalized spacial score (nSPS) is 10.4. The van der Waals surface area contributed by atoms with E-state index in [2.05, 4.69) is 4.98 Å². The van der Waals surface area contributed by atoms with Crippen LogP contribution in [0.2, 0.25) is 0 Å². The van der Waals surface area contributed by atoms with Crippen molar-refractivity contribution in [3.8, 4) is 28.6 Å². The quantitative estimate of drug-likeness (QED) is 0.321. The number of carbonyl (C=O) groups is 1. The van der Waals surface area contributed by atoms with Gasteiger partial charge in [-0.1, -0.05) is 60.7 Å². The Morgan fingerprint density at radius 2 is 1.41 bits per heavy atom. The molecular formula is C27H23NO4. The number of aromatic nitrogens is 1. The van der Waals surface area contributed by atoms with E-state index < -0.39 is 0 Å². The summed E-state index contributed by atoms with van der Waals surface area (Å²) in [7, 11) is 1.59. The van der Waals surface area contributed by atoms with Crippen molar-refractivity contribution in [2.75, 3.05) is 7.11 Å². The fourth-order valence-corrected chi connectivity index (χ4v) is 3.29.